The quantitative estimate of drug-likeness (QED) is 0.722. The molecule has 0 bridgehead atoms. The van der Waals surface area contributed by atoms with Crippen LogP contribution in [0.4, 0.5) is 0 Å². The first-order valence-electron chi connectivity index (χ1n) is 7.82. The zero-order chi connectivity index (χ0) is 15.5. The third-order valence-corrected chi connectivity index (χ3v) is 5.85. The van der Waals surface area contributed by atoms with Gasteiger partial charge in [-0.2, -0.15) is 0 Å². The number of rotatable bonds is 8. The Hall–Kier alpha value is -0.850. The maximum Gasteiger partial charge on any atom is 0.242 e. The molecular weight excluding hydrogens is 286 g/mol. The minimum Gasteiger partial charge on any atom is -0.352 e. The predicted molar refractivity (Wildman–Crippen MR) is 84.5 cm³/mol. The Bertz CT molecular complexity index is 561. The molecule has 120 valence electrons. The lowest BCUT2D eigenvalue weighted by atomic mass is 9.81. The largest absolute Gasteiger partial charge is 0.352 e. The predicted octanol–water partition coefficient (Wildman–Crippen LogP) is 1.99. The molecule has 1 heterocycles. The van der Waals surface area contributed by atoms with E-state index in [4.69, 9.17) is 0 Å². The molecule has 0 radical (unpaired) electrons. The van der Waals surface area contributed by atoms with E-state index in [1.807, 2.05) is 18.5 Å². The van der Waals surface area contributed by atoms with Gasteiger partial charge in [-0.25, -0.2) is 13.1 Å². The molecule has 0 amide bonds. The van der Waals surface area contributed by atoms with Crippen LogP contribution in [0.1, 0.15) is 45.2 Å². The summed E-state index contributed by atoms with van der Waals surface area (Å²) in [5, 5.41) is 3.30. The minimum absolute atomic E-state index is 0.0191. The normalized spacial score (nSPS) is 17.7. The monoisotopic (exact) mass is 313 g/mol. The fourth-order valence-electron chi connectivity index (χ4n) is 2.64. The average Bonchev–Trinajstić information content (AvgIpc) is 2.69. The molecule has 1 saturated carbocycles. The molecule has 2 rings (SSSR count). The van der Waals surface area contributed by atoms with Crippen molar-refractivity contribution in [3.63, 3.8) is 0 Å². The van der Waals surface area contributed by atoms with Gasteiger partial charge < -0.3 is 9.88 Å². The molecule has 1 atom stereocenters. The average molecular weight is 313 g/mol. The van der Waals surface area contributed by atoms with Crippen molar-refractivity contribution in [3.8, 4) is 0 Å². The van der Waals surface area contributed by atoms with Crippen molar-refractivity contribution >= 4 is 10.0 Å². The summed E-state index contributed by atoms with van der Waals surface area (Å²) < 4.78 is 29.6. The van der Waals surface area contributed by atoms with Crippen molar-refractivity contribution in [1.82, 2.24) is 14.6 Å². The standard InChI is InChI=1S/C15H27N3O2S/c1-4-8-16-10-14-9-15(11-18(14)3)21(19,20)17-12(2)13-6-5-7-13/h9,11-13,16-17H,4-8,10H2,1-3H3. The molecule has 0 aliphatic heterocycles. The van der Waals surface area contributed by atoms with Gasteiger partial charge >= 0.3 is 0 Å². The van der Waals surface area contributed by atoms with Crippen LogP contribution in [-0.4, -0.2) is 25.6 Å². The number of nitrogens with zero attached hydrogens (tertiary/aromatic N) is 1. The zero-order valence-electron chi connectivity index (χ0n) is 13.2. The number of aryl methyl sites for hydroxylation is 1. The van der Waals surface area contributed by atoms with Gasteiger partial charge in [-0.05, 0) is 44.7 Å². The number of hydrogen-bond acceptors (Lipinski definition) is 3. The molecule has 1 fully saturated rings. The Kier molecular flexibility index (Phi) is 5.46. The summed E-state index contributed by atoms with van der Waals surface area (Å²) in [5.74, 6) is 0.495. The number of aromatic nitrogens is 1. The van der Waals surface area contributed by atoms with Gasteiger partial charge in [0, 0.05) is 31.5 Å². The van der Waals surface area contributed by atoms with Gasteiger partial charge in [0.15, 0.2) is 0 Å². The van der Waals surface area contributed by atoms with Crippen molar-refractivity contribution in [2.75, 3.05) is 6.54 Å². The van der Waals surface area contributed by atoms with Crippen LogP contribution in [0.2, 0.25) is 0 Å². The first kappa shape index (κ1) is 16.5. The maximum absolute atomic E-state index is 12.4. The Labute approximate surface area is 128 Å². The van der Waals surface area contributed by atoms with Crippen LogP contribution in [0.25, 0.3) is 0 Å². The van der Waals surface area contributed by atoms with Gasteiger partial charge in [-0.1, -0.05) is 13.3 Å². The van der Waals surface area contributed by atoms with Crippen molar-refractivity contribution in [2.45, 2.75) is 57.0 Å². The highest BCUT2D eigenvalue weighted by molar-refractivity contribution is 7.89. The van der Waals surface area contributed by atoms with Gasteiger partial charge in [0.1, 0.15) is 0 Å². The number of sulfonamides is 1. The van der Waals surface area contributed by atoms with E-state index < -0.39 is 10.0 Å². The highest BCUT2D eigenvalue weighted by Crippen LogP contribution is 2.30. The number of hydrogen-bond donors (Lipinski definition) is 2. The fourth-order valence-corrected chi connectivity index (χ4v) is 4.05. The van der Waals surface area contributed by atoms with Gasteiger partial charge in [-0.3, -0.25) is 0 Å². The first-order valence-corrected chi connectivity index (χ1v) is 9.30. The van der Waals surface area contributed by atoms with E-state index in [0.717, 1.165) is 31.5 Å². The lowest BCUT2D eigenvalue weighted by Gasteiger charge is -2.31. The molecule has 2 N–H and O–H groups in total. The highest BCUT2D eigenvalue weighted by atomic mass is 32.2. The molecule has 1 aromatic rings. The minimum atomic E-state index is -3.41. The van der Waals surface area contributed by atoms with Crippen molar-refractivity contribution in [2.24, 2.45) is 13.0 Å². The molecule has 21 heavy (non-hydrogen) atoms. The van der Waals surface area contributed by atoms with Gasteiger partial charge in [0.05, 0.1) is 4.90 Å². The first-order chi connectivity index (χ1) is 9.94. The second-order valence-corrected chi connectivity index (χ2v) is 7.77. The zero-order valence-corrected chi connectivity index (χ0v) is 14.0. The molecule has 0 aromatic carbocycles. The van der Waals surface area contributed by atoms with E-state index >= 15 is 0 Å². The van der Waals surface area contributed by atoms with Crippen LogP contribution in [0, 0.1) is 5.92 Å². The number of nitrogens with one attached hydrogen (secondary N) is 2. The molecule has 5 nitrogen and oxygen atoms in total. The van der Waals surface area contributed by atoms with Crippen molar-refractivity contribution in [3.05, 3.63) is 18.0 Å². The smallest absolute Gasteiger partial charge is 0.242 e. The maximum atomic E-state index is 12.4. The summed E-state index contributed by atoms with van der Waals surface area (Å²) >= 11 is 0. The third kappa shape index (κ3) is 4.08. The molecule has 1 aliphatic rings. The Morgan fingerprint density at radius 2 is 2.14 bits per heavy atom. The van der Waals surface area contributed by atoms with Crippen molar-refractivity contribution < 1.29 is 8.42 Å². The summed E-state index contributed by atoms with van der Waals surface area (Å²) in [7, 11) is -1.53. The van der Waals surface area contributed by atoms with Crippen LogP contribution in [0.5, 0.6) is 0 Å². The molecule has 1 aromatic heterocycles. The van der Waals surface area contributed by atoms with Crippen LogP contribution in [0.3, 0.4) is 0 Å². The van der Waals surface area contributed by atoms with Crippen LogP contribution in [0.15, 0.2) is 17.2 Å². The lowest BCUT2D eigenvalue weighted by Crippen LogP contribution is -2.40. The molecule has 0 saturated heterocycles. The molecule has 0 spiro atoms. The van der Waals surface area contributed by atoms with Gasteiger partial charge in [0.25, 0.3) is 0 Å². The summed E-state index contributed by atoms with van der Waals surface area (Å²) in [6, 6.07) is 1.78. The lowest BCUT2D eigenvalue weighted by molar-refractivity contribution is 0.260. The molecular formula is C15H27N3O2S. The Morgan fingerprint density at radius 1 is 1.43 bits per heavy atom. The second kappa shape index (κ2) is 6.94. The fraction of sp³-hybridized carbons (Fsp3) is 0.733. The summed E-state index contributed by atoms with van der Waals surface area (Å²) in [5.41, 5.74) is 0.986. The van der Waals surface area contributed by atoms with E-state index in [9.17, 15) is 8.42 Å². The Balaban J connectivity index is 2.03. The van der Waals surface area contributed by atoms with Crippen LogP contribution >= 0.6 is 0 Å². The van der Waals surface area contributed by atoms with Gasteiger partial charge in [0.2, 0.25) is 10.0 Å². The summed E-state index contributed by atoms with van der Waals surface area (Å²) in [4.78, 5) is 0.365. The van der Waals surface area contributed by atoms with E-state index in [-0.39, 0.29) is 6.04 Å². The summed E-state index contributed by atoms with van der Waals surface area (Å²) in [6.07, 6.45) is 6.24. The Morgan fingerprint density at radius 3 is 2.71 bits per heavy atom. The van der Waals surface area contributed by atoms with Crippen LogP contribution < -0.4 is 10.0 Å². The molecule has 6 heteroatoms. The van der Waals surface area contributed by atoms with E-state index in [1.165, 1.54) is 6.42 Å². The highest BCUT2D eigenvalue weighted by Gasteiger charge is 2.28. The van der Waals surface area contributed by atoms with E-state index in [0.29, 0.717) is 17.4 Å². The van der Waals surface area contributed by atoms with E-state index in [1.54, 1.807) is 12.3 Å². The van der Waals surface area contributed by atoms with Crippen molar-refractivity contribution in [1.29, 1.82) is 0 Å². The topological polar surface area (TPSA) is 63.1 Å². The third-order valence-electron chi connectivity index (χ3n) is 4.32. The van der Waals surface area contributed by atoms with Crippen LogP contribution in [-0.2, 0) is 23.6 Å². The second-order valence-electron chi connectivity index (χ2n) is 6.06. The molecule has 1 aliphatic carbocycles. The van der Waals surface area contributed by atoms with Gasteiger partial charge in [-0.15, -0.1) is 0 Å². The SMILES string of the molecule is CCCNCc1cc(S(=O)(=O)NC(C)C2CCC2)cn1C. The molecule has 1 unspecified atom stereocenters. The van der Waals surface area contributed by atoms with E-state index in [2.05, 4.69) is 17.0 Å². The summed E-state index contributed by atoms with van der Waals surface area (Å²) in [6.45, 7) is 5.70.